The molecule has 4 heteroatoms. The van der Waals surface area contributed by atoms with Crippen molar-refractivity contribution in [2.45, 2.75) is 19.9 Å². The van der Waals surface area contributed by atoms with Crippen LogP contribution in [0, 0.1) is 17.7 Å². The second-order valence-corrected chi connectivity index (χ2v) is 5.39. The van der Waals surface area contributed by atoms with Crippen molar-refractivity contribution in [1.82, 2.24) is 4.90 Å². The highest BCUT2D eigenvalue weighted by atomic mass is 19.1. The van der Waals surface area contributed by atoms with Gasteiger partial charge in [0.15, 0.2) is 0 Å². The van der Waals surface area contributed by atoms with Crippen LogP contribution in [0.15, 0.2) is 18.2 Å². The topological polar surface area (TPSA) is 32.7 Å². The molecule has 0 saturated carbocycles. The van der Waals surface area contributed by atoms with Crippen molar-refractivity contribution >= 4 is 0 Å². The van der Waals surface area contributed by atoms with Gasteiger partial charge in [-0.1, -0.05) is 13.8 Å². The first-order valence-corrected chi connectivity index (χ1v) is 6.53. The number of ether oxygens (including phenoxy) is 1. The van der Waals surface area contributed by atoms with Gasteiger partial charge in [-0.3, -0.25) is 0 Å². The maximum absolute atomic E-state index is 13.5. The molecule has 108 valence electrons. The van der Waals surface area contributed by atoms with Gasteiger partial charge in [-0.2, -0.15) is 0 Å². The van der Waals surface area contributed by atoms with Crippen molar-refractivity contribution in [3.63, 3.8) is 0 Å². The molecule has 1 aromatic carbocycles. The van der Waals surface area contributed by atoms with Gasteiger partial charge < -0.3 is 14.7 Å². The highest BCUT2D eigenvalue weighted by molar-refractivity contribution is 5.37. The molecule has 3 nitrogen and oxygen atoms in total. The smallest absolute Gasteiger partial charge is 0.123 e. The number of benzene rings is 1. The zero-order chi connectivity index (χ0) is 14.6. The summed E-state index contributed by atoms with van der Waals surface area (Å²) in [6, 6.07) is 4.43. The summed E-state index contributed by atoms with van der Waals surface area (Å²) in [5.74, 6) is 0.665. The van der Waals surface area contributed by atoms with E-state index < -0.39 is 0 Å². The van der Waals surface area contributed by atoms with Gasteiger partial charge in [0.1, 0.15) is 11.6 Å². The fourth-order valence-electron chi connectivity index (χ4n) is 2.50. The Morgan fingerprint density at radius 3 is 2.37 bits per heavy atom. The van der Waals surface area contributed by atoms with E-state index in [9.17, 15) is 9.50 Å². The number of rotatable bonds is 6. The standard InChI is InChI=1S/C15H24FNO2/c1-10(2)13(9-18)15(17(3)4)12-8-11(16)6-7-14(12)19-5/h6-8,10,13,15,18H,9H2,1-5H3. The Morgan fingerprint density at radius 2 is 1.95 bits per heavy atom. The maximum atomic E-state index is 13.5. The lowest BCUT2D eigenvalue weighted by molar-refractivity contribution is 0.0983. The minimum Gasteiger partial charge on any atom is -0.496 e. The monoisotopic (exact) mass is 269 g/mol. The molecule has 0 saturated heterocycles. The second kappa shape index (κ2) is 6.87. The van der Waals surface area contributed by atoms with Crippen LogP contribution in [0.25, 0.3) is 0 Å². The van der Waals surface area contributed by atoms with Crippen LogP contribution in [0.2, 0.25) is 0 Å². The molecule has 1 rings (SSSR count). The third-order valence-corrected chi connectivity index (χ3v) is 3.54. The highest BCUT2D eigenvalue weighted by Crippen LogP contribution is 2.37. The first-order valence-electron chi connectivity index (χ1n) is 6.53. The molecule has 1 aromatic rings. The van der Waals surface area contributed by atoms with Crippen LogP contribution >= 0.6 is 0 Å². The number of aliphatic hydroxyl groups is 1. The lowest BCUT2D eigenvalue weighted by Gasteiger charge is -2.35. The van der Waals surface area contributed by atoms with Crippen LogP contribution in [0.1, 0.15) is 25.5 Å². The fourth-order valence-corrected chi connectivity index (χ4v) is 2.50. The summed E-state index contributed by atoms with van der Waals surface area (Å²) < 4.78 is 18.9. The zero-order valence-corrected chi connectivity index (χ0v) is 12.4. The van der Waals surface area contributed by atoms with Crippen LogP contribution in [-0.2, 0) is 0 Å². The molecule has 0 fully saturated rings. The van der Waals surface area contributed by atoms with Crippen LogP contribution in [-0.4, -0.2) is 37.8 Å². The minimum atomic E-state index is -0.289. The van der Waals surface area contributed by atoms with E-state index in [4.69, 9.17) is 4.74 Å². The van der Waals surface area contributed by atoms with E-state index in [1.54, 1.807) is 13.2 Å². The summed E-state index contributed by atoms with van der Waals surface area (Å²) in [4.78, 5) is 2.00. The Balaban J connectivity index is 3.29. The number of hydrogen-bond donors (Lipinski definition) is 1. The first kappa shape index (κ1) is 15.9. The molecule has 0 heterocycles. The molecular formula is C15H24FNO2. The maximum Gasteiger partial charge on any atom is 0.123 e. The van der Waals surface area contributed by atoms with Gasteiger partial charge in [0, 0.05) is 24.1 Å². The van der Waals surface area contributed by atoms with Crippen LogP contribution in [0.4, 0.5) is 4.39 Å². The largest absolute Gasteiger partial charge is 0.496 e. The average Bonchev–Trinajstić information content (AvgIpc) is 2.34. The molecule has 1 N–H and O–H groups in total. The van der Waals surface area contributed by atoms with Gasteiger partial charge in [-0.15, -0.1) is 0 Å². The van der Waals surface area contributed by atoms with E-state index in [0.29, 0.717) is 5.75 Å². The van der Waals surface area contributed by atoms with Crippen molar-refractivity contribution in [2.24, 2.45) is 11.8 Å². The number of methoxy groups -OCH3 is 1. The van der Waals surface area contributed by atoms with E-state index in [2.05, 4.69) is 13.8 Å². The molecule has 0 aliphatic carbocycles. The van der Waals surface area contributed by atoms with Crippen molar-refractivity contribution in [3.8, 4) is 5.75 Å². The van der Waals surface area contributed by atoms with E-state index in [1.807, 2.05) is 19.0 Å². The average molecular weight is 269 g/mol. The highest BCUT2D eigenvalue weighted by Gasteiger charge is 2.29. The molecule has 0 aliphatic rings. The van der Waals surface area contributed by atoms with Crippen LogP contribution in [0.3, 0.4) is 0 Å². The Bertz CT molecular complexity index is 407. The molecule has 2 unspecified atom stereocenters. The summed E-state index contributed by atoms with van der Waals surface area (Å²) in [5, 5.41) is 9.65. The molecule has 0 bridgehead atoms. The molecule has 0 radical (unpaired) electrons. The van der Waals surface area contributed by atoms with Crippen LogP contribution in [0.5, 0.6) is 5.75 Å². The minimum absolute atomic E-state index is 0.0192. The third-order valence-electron chi connectivity index (χ3n) is 3.54. The Morgan fingerprint density at radius 1 is 1.32 bits per heavy atom. The van der Waals surface area contributed by atoms with E-state index in [1.165, 1.54) is 12.1 Å². The molecule has 19 heavy (non-hydrogen) atoms. The third kappa shape index (κ3) is 3.67. The molecule has 2 atom stereocenters. The number of aliphatic hydroxyl groups excluding tert-OH is 1. The van der Waals surface area contributed by atoms with E-state index in [0.717, 1.165) is 5.56 Å². The second-order valence-electron chi connectivity index (χ2n) is 5.39. The van der Waals surface area contributed by atoms with Crippen molar-refractivity contribution < 1.29 is 14.2 Å². The van der Waals surface area contributed by atoms with Gasteiger partial charge >= 0.3 is 0 Å². The SMILES string of the molecule is COc1ccc(F)cc1C(C(CO)C(C)C)N(C)C. The summed E-state index contributed by atoms with van der Waals surface area (Å²) in [6.07, 6.45) is 0. The fraction of sp³-hybridized carbons (Fsp3) is 0.600. The van der Waals surface area contributed by atoms with Crippen LogP contribution < -0.4 is 4.74 Å². The molecule has 0 aromatic heterocycles. The molecular weight excluding hydrogens is 245 g/mol. The van der Waals surface area contributed by atoms with Crippen molar-refractivity contribution in [3.05, 3.63) is 29.6 Å². The van der Waals surface area contributed by atoms with Gasteiger partial charge in [0.2, 0.25) is 0 Å². The quantitative estimate of drug-likeness (QED) is 0.862. The van der Waals surface area contributed by atoms with Crippen molar-refractivity contribution in [2.75, 3.05) is 27.8 Å². The van der Waals surface area contributed by atoms with E-state index in [-0.39, 0.29) is 30.3 Å². The summed E-state index contributed by atoms with van der Waals surface area (Å²) in [5.41, 5.74) is 0.778. The predicted octanol–water partition coefficient (Wildman–Crippen LogP) is 2.70. The molecule has 0 spiro atoms. The Kier molecular flexibility index (Phi) is 5.76. The summed E-state index contributed by atoms with van der Waals surface area (Å²) in [7, 11) is 5.44. The number of halogens is 1. The normalized spacial score (nSPS) is 14.8. The molecule has 0 aliphatic heterocycles. The Labute approximate surface area is 115 Å². The van der Waals surface area contributed by atoms with Gasteiger partial charge in [-0.05, 0) is 38.2 Å². The van der Waals surface area contributed by atoms with Crippen molar-refractivity contribution in [1.29, 1.82) is 0 Å². The molecule has 0 amide bonds. The zero-order valence-electron chi connectivity index (χ0n) is 12.4. The van der Waals surface area contributed by atoms with Gasteiger partial charge in [0.05, 0.1) is 7.11 Å². The summed E-state index contributed by atoms with van der Waals surface area (Å²) >= 11 is 0. The van der Waals surface area contributed by atoms with E-state index >= 15 is 0 Å². The first-order chi connectivity index (χ1) is 8.92. The van der Waals surface area contributed by atoms with Gasteiger partial charge in [0.25, 0.3) is 0 Å². The lowest BCUT2D eigenvalue weighted by atomic mass is 9.84. The number of hydrogen-bond acceptors (Lipinski definition) is 3. The summed E-state index contributed by atoms with van der Waals surface area (Å²) in [6.45, 7) is 4.17. The Hall–Kier alpha value is -1.13. The lowest BCUT2D eigenvalue weighted by Crippen LogP contribution is -2.33. The number of nitrogens with zero attached hydrogens (tertiary/aromatic N) is 1. The van der Waals surface area contributed by atoms with Gasteiger partial charge in [-0.25, -0.2) is 4.39 Å². The predicted molar refractivity (Wildman–Crippen MR) is 74.8 cm³/mol.